The van der Waals surface area contributed by atoms with Gasteiger partial charge in [-0.05, 0) is 37.1 Å². The monoisotopic (exact) mass is 398 g/mol. The lowest BCUT2D eigenvalue weighted by Crippen LogP contribution is -2.33. The highest BCUT2D eigenvalue weighted by atomic mass is 19.1. The van der Waals surface area contributed by atoms with E-state index >= 15 is 0 Å². The van der Waals surface area contributed by atoms with Crippen LogP contribution in [0.25, 0.3) is 10.8 Å². The number of ether oxygens (including phenoxy) is 1. The number of hydrogen-bond donors (Lipinski definition) is 1. The maximum atomic E-state index is 14.6. The molecule has 0 radical (unpaired) electrons. The van der Waals surface area contributed by atoms with Crippen LogP contribution in [-0.4, -0.2) is 23.7 Å². The lowest BCUT2D eigenvalue weighted by atomic mass is 10.0. The fourth-order valence-corrected chi connectivity index (χ4v) is 3.91. The lowest BCUT2D eigenvalue weighted by molar-refractivity contribution is 0.0950. The highest BCUT2D eigenvalue weighted by molar-refractivity contribution is 6.07. The smallest absolute Gasteiger partial charge is 0.261 e. The third-order valence-electron chi connectivity index (χ3n) is 5.28. The Hall–Kier alpha value is -3.06. The molecule has 29 heavy (non-hydrogen) atoms. The predicted molar refractivity (Wildman–Crippen MR) is 105 cm³/mol. The molecule has 1 aliphatic heterocycles. The third-order valence-corrected chi connectivity index (χ3v) is 5.28. The molecule has 1 aliphatic rings. The minimum atomic E-state index is -0.667. The van der Waals surface area contributed by atoms with Crippen LogP contribution in [0.15, 0.2) is 47.3 Å². The Labute approximate surface area is 165 Å². The molecule has 0 bridgehead atoms. The van der Waals surface area contributed by atoms with Crippen LogP contribution in [-0.2, 0) is 11.3 Å². The van der Waals surface area contributed by atoms with Gasteiger partial charge in [0.05, 0.1) is 23.6 Å². The molecule has 1 aromatic heterocycles. The average Bonchev–Trinajstić information content (AvgIpc) is 3.20. The van der Waals surface area contributed by atoms with Crippen molar-refractivity contribution in [2.75, 3.05) is 13.2 Å². The molecule has 1 atom stereocenters. The number of nitrogens with zero attached hydrogens (tertiary/aromatic N) is 1. The van der Waals surface area contributed by atoms with E-state index in [1.54, 1.807) is 25.1 Å². The number of rotatable bonds is 4. The molecule has 1 amide bonds. The summed E-state index contributed by atoms with van der Waals surface area (Å²) in [5.41, 5.74) is 0.833. The van der Waals surface area contributed by atoms with Crippen LogP contribution in [0, 0.1) is 18.6 Å². The molecule has 3 aromatic rings. The largest absolute Gasteiger partial charge is 0.379 e. The summed E-state index contributed by atoms with van der Waals surface area (Å²) in [4.78, 5) is 26.1. The van der Waals surface area contributed by atoms with E-state index < -0.39 is 23.1 Å². The first-order valence-electron chi connectivity index (χ1n) is 9.41. The van der Waals surface area contributed by atoms with Crippen molar-refractivity contribution in [3.63, 3.8) is 0 Å². The summed E-state index contributed by atoms with van der Waals surface area (Å²) in [6.07, 6.45) is 0.616. The summed E-state index contributed by atoms with van der Waals surface area (Å²) in [5.74, 6) is -1.51. The van der Waals surface area contributed by atoms with Crippen LogP contribution < -0.4 is 10.9 Å². The first-order chi connectivity index (χ1) is 14.0. The van der Waals surface area contributed by atoms with Crippen molar-refractivity contribution in [3.05, 3.63) is 81.3 Å². The zero-order valence-electron chi connectivity index (χ0n) is 15.9. The van der Waals surface area contributed by atoms with Gasteiger partial charge in [0.2, 0.25) is 0 Å². The second kappa shape index (κ2) is 7.75. The van der Waals surface area contributed by atoms with Crippen molar-refractivity contribution >= 4 is 16.7 Å². The minimum Gasteiger partial charge on any atom is -0.379 e. The second-order valence-corrected chi connectivity index (χ2v) is 7.13. The second-order valence-electron chi connectivity index (χ2n) is 7.13. The molecule has 7 heteroatoms. The predicted octanol–water partition coefficient (Wildman–Crippen LogP) is 3.48. The van der Waals surface area contributed by atoms with Crippen molar-refractivity contribution in [1.29, 1.82) is 0 Å². The number of fused-ring (bicyclic) bond motifs is 1. The molecule has 1 saturated heterocycles. The van der Waals surface area contributed by atoms with Gasteiger partial charge in [-0.1, -0.05) is 24.3 Å². The summed E-state index contributed by atoms with van der Waals surface area (Å²) in [6.45, 7) is 2.64. The Morgan fingerprint density at radius 1 is 1.24 bits per heavy atom. The van der Waals surface area contributed by atoms with Crippen LogP contribution >= 0.6 is 0 Å². The Morgan fingerprint density at radius 3 is 2.76 bits per heavy atom. The van der Waals surface area contributed by atoms with Crippen molar-refractivity contribution in [3.8, 4) is 0 Å². The van der Waals surface area contributed by atoms with Crippen LogP contribution in [0.4, 0.5) is 8.78 Å². The van der Waals surface area contributed by atoms with Crippen molar-refractivity contribution in [1.82, 2.24) is 9.88 Å². The summed E-state index contributed by atoms with van der Waals surface area (Å²) in [7, 11) is 0. The molecule has 5 nitrogen and oxygen atoms in total. The average molecular weight is 398 g/mol. The van der Waals surface area contributed by atoms with Crippen LogP contribution in [0.2, 0.25) is 0 Å². The topological polar surface area (TPSA) is 60.3 Å². The summed E-state index contributed by atoms with van der Waals surface area (Å²) in [5, 5.41) is 2.91. The van der Waals surface area contributed by atoms with Gasteiger partial charge < -0.3 is 14.6 Å². The van der Waals surface area contributed by atoms with Crippen LogP contribution in [0.5, 0.6) is 0 Å². The minimum absolute atomic E-state index is 0.110. The fourth-order valence-electron chi connectivity index (χ4n) is 3.91. The summed E-state index contributed by atoms with van der Waals surface area (Å²) < 4.78 is 34.8. The number of halogens is 2. The maximum absolute atomic E-state index is 14.6. The molecule has 1 N–H and O–H groups in total. The highest BCUT2D eigenvalue weighted by Gasteiger charge is 2.27. The zero-order chi connectivity index (χ0) is 20.5. The van der Waals surface area contributed by atoms with Gasteiger partial charge in [-0.2, -0.15) is 0 Å². The van der Waals surface area contributed by atoms with Gasteiger partial charge in [0.1, 0.15) is 11.6 Å². The van der Waals surface area contributed by atoms with E-state index in [1.807, 2.05) is 0 Å². The number of hydrogen-bond acceptors (Lipinski definition) is 3. The molecule has 2 aromatic carbocycles. The molecule has 4 rings (SSSR count). The highest BCUT2D eigenvalue weighted by Crippen LogP contribution is 2.26. The van der Waals surface area contributed by atoms with E-state index in [-0.39, 0.29) is 28.9 Å². The van der Waals surface area contributed by atoms with Gasteiger partial charge in [-0.3, -0.25) is 9.59 Å². The van der Waals surface area contributed by atoms with E-state index in [1.165, 1.54) is 28.8 Å². The SMILES string of the molecule is Cc1c(C(=O)NCc2cccc(F)c2)c2cccc(F)c2c(=O)n1C1CCOC1. The van der Waals surface area contributed by atoms with E-state index in [0.717, 1.165) is 0 Å². The van der Waals surface area contributed by atoms with E-state index in [2.05, 4.69) is 5.32 Å². The van der Waals surface area contributed by atoms with Gasteiger partial charge in [0.15, 0.2) is 0 Å². The van der Waals surface area contributed by atoms with Gasteiger partial charge >= 0.3 is 0 Å². The van der Waals surface area contributed by atoms with E-state index in [9.17, 15) is 18.4 Å². The summed E-state index contributed by atoms with van der Waals surface area (Å²) >= 11 is 0. The molecular formula is C22H20F2N2O3. The number of aromatic nitrogens is 1. The van der Waals surface area contributed by atoms with E-state index in [0.29, 0.717) is 30.9 Å². The molecular weight excluding hydrogens is 378 g/mol. The summed E-state index contributed by atoms with van der Waals surface area (Å²) in [6, 6.07) is 9.93. The molecule has 2 heterocycles. The third kappa shape index (κ3) is 3.53. The molecule has 0 saturated carbocycles. The zero-order valence-corrected chi connectivity index (χ0v) is 15.9. The molecule has 150 valence electrons. The first kappa shape index (κ1) is 19.3. The number of nitrogens with one attached hydrogen (secondary N) is 1. The van der Waals surface area contributed by atoms with Crippen LogP contribution in [0.1, 0.15) is 34.1 Å². The number of amides is 1. The van der Waals surface area contributed by atoms with Gasteiger partial charge in [-0.15, -0.1) is 0 Å². The Bertz CT molecular complexity index is 1150. The molecule has 0 aliphatic carbocycles. The molecule has 1 fully saturated rings. The van der Waals surface area contributed by atoms with E-state index in [4.69, 9.17) is 4.74 Å². The maximum Gasteiger partial charge on any atom is 0.261 e. The van der Waals surface area contributed by atoms with Gasteiger partial charge in [0.25, 0.3) is 11.5 Å². The van der Waals surface area contributed by atoms with Crippen LogP contribution in [0.3, 0.4) is 0 Å². The van der Waals surface area contributed by atoms with Crippen molar-refractivity contribution in [2.45, 2.75) is 25.9 Å². The van der Waals surface area contributed by atoms with Gasteiger partial charge in [-0.25, -0.2) is 8.78 Å². The first-order valence-corrected chi connectivity index (χ1v) is 9.41. The Kier molecular flexibility index (Phi) is 5.15. The lowest BCUT2D eigenvalue weighted by Gasteiger charge is -2.21. The number of pyridine rings is 1. The molecule has 0 spiro atoms. The van der Waals surface area contributed by atoms with Gasteiger partial charge in [0, 0.05) is 24.2 Å². The number of carbonyl (C=O) groups excluding carboxylic acids is 1. The fraction of sp³-hybridized carbons (Fsp3) is 0.273. The molecule has 1 unspecified atom stereocenters. The Morgan fingerprint density at radius 2 is 2.03 bits per heavy atom. The normalized spacial score (nSPS) is 16.3. The Balaban J connectivity index is 1.81. The van der Waals surface area contributed by atoms with Crippen molar-refractivity contribution < 1.29 is 18.3 Å². The number of carbonyl (C=O) groups is 1. The standard InChI is InChI=1S/C22H20F2N2O3/c1-13-19(21(27)25-11-14-4-2-5-15(23)10-14)17-6-3-7-18(24)20(17)22(28)26(13)16-8-9-29-12-16/h2-7,10,16H,8-9,11-12H2,1H3,(H,25,27). The quantitative estimate of drug-likeness (QED) is 0.732. The number of benzene rings is 2. The van der Waals surface area contributed by atoms with Crippen molar-refractivity contribution in [2.24, 2.45) is 0 Å².